The molecule has 0 atom stereocenters. The van der Waals surface area contributed by atoms with Gasteiger partial charge >= 0.3 is 5.97 Å². The van der Waals surface area contributed by atoms with E-state index in [2.05, 4.69) is 4.98 Å². The Kier molecular flexibility index (Phi) is 4.25. The molecule has 0 bridgehead atoms. The van der Waals surface area contributed by atoms with Crippen LogP contribution in [0.4, 0.5) is 0 Å². The molecule has 0 spiro atoms. The number of aromatic nitrogens is 2. The molecule has 0 unspecified atom stereocenters. The maximum absolute atomic E-state index is 11.9. The Labute approximate surface area is 137 Å². The summed E-state index contributed by atoms with van der Waals surface area (Å²) in [7, 11) is 0. The lowest BCUT2D eigenvalue weighted by atomic mass is 10.0. The summed E-state index contributed by atoms with van der Waals surface area (Å²) in [5, 5.41) is 1.79. The number of hydrogen-bond donors (Lipinski definition) is 0. The van der Waals surface area contributed by atoms with Crippen molar-refractivity contribution in [1.82, 2.24) is 9.38 Å². The number of aryl methyl sites for hydroxylation is 2. The summed E-state index contributed by atoms with van der Waals surface area (Å²) >= 11 is 1.37. The topological polar surface area (TPSA) is 60.7 Å². The van der Waals surface area contributed by atoms with E-state index in [0.717, 1.165) is 11.1 Å². The first-order valence-electron chi connectivity index (χ1n) is 7.20. The number of carbonyl (C=O) groups excluding carboxylic acids is 1. The minimum atomic E-state index is -0.332. The van der Waals surface area contributed by atoms with Crippen LogP contribution in [0.15, 0.2) is 40.6 Å². The van der Waals surface area contributed by atoms with Crippen molar-refractivity contribution in [1.29, 1.82) is 0 Å². The lowest BCUT2D eigenvalue weighted by Crippen LogP contribution is -2.15. The summed E-state index contributed by atoms with van der Waals surface area (Å²) in [6, 6.07) is 7.29. The maximum atomic E-state index is 11.9. The number of carbonyl (C=O) groups is 1. The van der Waals surface area contributed by atoms with Crippen LogP contribution in [0.25, 0.3) is 4.96 Å². The van der Waals surface area contributed by atoms with Crippen molar-refractivity contribution in [2.24, 2.45) is 0 Å². The quantitative estimate of drug-likeness (QED) is 0.691. The smallest absolute Gasteiger partial charge is 0.310 e. The van der Waals surface area contributed by atoms with Gasteiger partial charge in [-0.05, 0) is 30.5 Å². The lowest BCUT2D eigenvalue weighted by Gasteiger charge is -2.06. The number of nitrogens with zero attached hydrogens (tertiary/aromatic N) is 2. The van der Waals surface area contributed by atoms with Gasteiger partial charge in [0.25, 0.3) is 5.56 Å². The van der Waals surface area contributed by atoms with Crippen LogP contribution in [0.1, 0.15) is 22.4 Å². The molecule has 3 aromatic rings. The molecule has 1 aromatic carbocycles. The Morgan fingerprint density at radius 3 is 2.87 bits per heavy atom. The molecule has 118 valence electrons. The molecular weight excluding hydrogens is 312 g/mol. The molecule has 23 heavy (non-hydrogen) atoms. The van der Waals surface area contributed by atoms with Crippen LogP contribution in [-0.2, 0) is 22.6 Å². The van der Waals surface area contributed by atoms with Gasteiger partial charge in [-0.25, -0.2) is 4.98 Å². The van der Waals surface area contributed by atoms with Gasteiger partial charge < -0.3 is 4.74 Å². The fourth-order valence-electron chi connectivity index (χ4n) is 2.25. The van der Waals surface area contributed by atoms with Gasteiger partial charge in [0, 0.05) is 17.6 Å². The van der Waals surface area contributed by atoms with E-state index in [0.29, 0.717) is 10.7 Å². The van der Waals surface area contributed by atoms with E-state index in [1.807, 2.05) is 32.0 Å². The highest BCUT2D eigenvalue weighted by molar-refractivity contribution is 7.15. The fourth-order valence-corrected chi connectivity index (χ4v) is 2.99. The van der Waals surface area contributed by atoms with Crippen LogP contribution < -0.4 is 5.56 Å². The minimum absolute atomic E-state index is 0.00726. The normalized spacial score (nSPS) is 10.9. The molecule has 0 saturated heterocycles. The summed E-state index contributed by atoms with van der Waals surface area (Å²) in [4.78, 5) is 28.7. The van der Waals surface area contributed by atoms with Crippen LogP contribution in [0, 0.1) is 13.8 Å². The molecule has 2 aromatic heterocycles. The molecule has 5 nitrogen and oxygen atoms in total. The fraction of sp³-hybridized carbons (Fsp3) is 0.235. The Hall–Kier alpha value is -2.47. The minimum Gasteiger partial charge on any atom is -0.459 e. The van der Waals surface area contributed by atoms with E-state index < -0.39 is 0 Å². The Morgan fingerprint density at radius 1 is 1.26 bits per heavy atom. The third-order valence-electron chi connectivity index (χ3n) is 3.66. The standard InChI is InChI=1S/C17H16N2O3S/c1-11-3-4-13(7-12(11)2)8-16(21)22-10-14-9-15(20)19-5-6-23-17(19)18-14/h3-7,9H,8,10H2,1-2H3. The number of thiazole rings is 1. The number of esters is 1. The van der Waals surface area contributed by atoms with E-state index in [9.17, 15) is 9.59 Å². The van der Waals surface area contributed by atoms with Gasteiger partial charge in [-0.2, -0.15) is 0 Å². The predicted molar refractivity (Wildman–Crippen MR) is 88.8 cm³/mol. The second-order valence-corrected chi connectivity index (χ2v) is 6.27. The van der Waals surface area contributed by atoms with Gasteiger partial charge in [0.05, 0.1) is 12.1 Å². The van der Waals surface area contributed by atoms with Crippen LogP contribution in [-0.4, -0.2) is 15.4 Å². The Morgan fingerprint density at radius 2 is 2.09 bits per heavy atom. The highest BCUT2D eigenvalue weighted by Crippen LogP contribution is 2.11. The maximum Gasteiger partial charge on any atom is 0.310 e. The summed E-state index contributed by atoms with van der Waals surface area (Å²) in [6.45, 7) is 4.05. The highest BCUT2D eigenvalue weighted by Gasteiger charge is 2.09. The average molecular weight is 328 g/mol. The van der Waals surface area contributed by atoms with Crippen molar-refractivity contribution in [3.05, 3.63) is 68.6 Å². The van der Waals surface area contributed by atoms with Gasteiger partial charge in [0.2, 0.25) is 0 Å². The summed E-state index contributed by atoms with van der Waals surface area (Å²) in [6.07, 6.45) is 1.88. The molecule has 0 saturated carbocycles. The number of rotatable bonds is 4. The van der Waals surface area contributed by atoms with Gasteiger partial charge in [-0.15, -0.1) is 11.3 Å². The summed E-state index contributed by atoms with van der Waals surface area (Å²) in [5.74, 6) is -0.332. The van der Waals surface area contributed by atoms with Crippen LogP contribution in [0.5, 0.6) is 0 Å². The van der Waals surface area contributed by atoms with E-state index in [-0.39, 0.29) is 24.6 Å². The van der Waals surface area contributed by atoms with Crippen LogP contribution in [0.3, 0.4) is 0 Å². The van der Waals surface area contributed by atoms with E-state index >= 15 is 0 Å². The predicted octanol–water partition coefficient (Wildman–Crippen LogP) is 2.66. The molecule has 0 aliphatic rings. The first-order valence-corrected chi connectivity index (χ1v) is 8.08. The zero-order valence-electron chi connectivity index (χ0n) is 12.9. The molecule has 0 radical (unpaired) electrons. The SMILES string of the molecule is Cc1ccc(CC(=O)OCc2cc(=O)n3ccsc3n2)cc1C. The van der Waals surface area contributed by atoms with E-state index in [1.54, 1.807) is 11.6 Å². The van der Waals surface area contributed by atoms with Crippen molar-refractivity contribution in [3.8, 4) is 0 Å². The number of hydrogen-bond acceptors (Lipinski definition) is 5. The monoisotopic (exact) mass is 328 g/mol. The largest absolute Gasteiger partial charge is 0.459 e. The Bertz CT molecular complexity index is 927. The zero-order valence-corrected chi connectivity index (χ0v) is 13.7. The first kappa shape index (κ1) is 15.4. The molecular formula is C17H16N2O3S. The van der Waals surface area contributed by atoms with Crippen molar-refractivity contribution in [2.45, 2.75) is 26.9 Å². The Balaban J connectivity index is 1.65. The van der Waals surface area contributed by atoms with Crippen molar-refractivity contribution >= 4 is 22.3 Å². The molecule has 0 aliphatic carbocycles. The van der Waals surface area contributed by atoms with Crippen LogP contribution in [0.2, 0.25) is 0 Å². The lowest BCUT2D eigenvalue weighted by molar-refractivity contribution is -0.144. The van der Waals surface area contributed by atoms with Crippen molar-refractivity contribution < 1.29 is 9.53 Å². The van der Waals surface area contributed by atoms with Gasteiger partial charge in [0.1, 0.15) is 6.61 Å². The van der Waals surface area contributed by atoms with Gasteiger partial charge in [0.15, 0.2) is 4.96 Å². The summed E-state index contributed by atoms with van der Waals surface area (Å²) < 4.78 is 6.70. The first-order chi connectivity index (χ1) is 11.0. The number of benzene rings is 1. The molecule has 0 fully saturated rings. The molecule has 0 N–H and O–H groups in total. The number of fused-ring (bicyclic) bond motifs is 1. The molecule has 0 amide bonds. The van der Waals surface area contributed by atoms with Gasteiger partial charge in [-0.1, -0.05) is 18.2 Å². The van der Waals surface area contributed by atoms with Crippen molar-refractivity contribution in [3.63, 3.8) is 0 Å². The van der Waals surface area contributed by atoms with Crippen molar-refractivity contribution in [2.75, 3.05) is 0 Å². The second kappa shape index (κ2) is 6.34. The molecule has 6 heteroatoms. The molecule has 0 aliphatic heterocycles. The highest BCUT2D eigenvalue weighted by atomic mass is 32.1. The average Bonchev–Trinajstić information content (AvgIpc) is 2.98. The van der Waals surface area contributed by atoms with Gasteiger partial charge in [-0.3, -0.25) is 14.0 Å². The molecule has 2 heterocycles. The second-order valence-electron chi connectivity index (χ2n) is 5.40. The third-order valence-corrected chi connectivity index (χ3v) is 4.41. The number of ether oxygens (including phenoxy) is 1. The third kappa shape index (κ3) is 3.48. The van der Waals surface area contributed by atoms with Crippen LogP contribution >= 0.6 is 11.3 Å². The van der Waals surface area contributed by atoms with E-state index in [1.165, 1.54) is 27.4 Å². The summed E-state index contributed by atoms with van der Waals surface area (Å²) in [5.41, 5.74) is 3.55. The molecule has 3 rings (SSSR count). The van der Waals surface area contributed by atoms with E-state index in [4.69, 9.17) is 4.74 Å². The zero-order chi connectivity index (χ0) is 16.4.